The molecule has 0 saturated heterocycles. The van der Waals surface area contributed by atoms with Crippen molar-refractivity contribution in [3.63, 3.8) is 0 Å². The van der Waals surface area contributed by atoms with Crippen molar-refractivity contribution in [2.75, 3.05) is 19.3 Å². The van der Waals surface area contributed by atoms with Crippen molar-refractivity contribution in [3.8, 4) is 0 Å². The molecule has 2 rings (SSSR count). The van der Waals surface area contributed by atoms with Crippen LogP contribution >= 0.6 is 0 Å². The van der Waals surface area contributed by atoms with Gasteiger partial charge in [-0.15, -0.1) is 0 Å². The van der Waals surface area contributed by atoms with Gasteiger partial charge in [-0.3, -0.25) is 0 Å². The van der Waals surface area contributed by atoms with Crippen LogP contribution in [0.15, 0.2) is 41.4 Å². The molecule has 0 bridgehead atoms. The van der Waals surface area contributed by atoms with Gasteiger partial charge in [0, 0.05) is 31.3 Å². The molecule has 2 N–H and O–H groups in total. The number of nitrogens with one attached hydrogen (secondary N) is 2. The highest BCUT2D eigenvalue weighted by molar-refractivity contribution is 7.89. The quantitative estimate of drug-likeness (QED) is 0.486. The van der Waals surface area contributed by atoms with Crippen LogP contribution in [0.5, 0.6) is 0 Å². The van der Waals surface area contributed by atoms with Gasteiger partial charge in [-0.05, 0) is 41.8 Å². The molecule has 0 aliphatic rings. The first-order valence-electron chi connectivity index (χ1n) is 9.51. The van der Waals surface area contributed by atoms with Gasteiger partial charge in [-0.2, -0.15) is 0 Å². The highest BCUT2D eigenvalue weighted by atomic mass is 32.2. The van der Waals surface area contributed by atoms with E-state index in [-0.39, 0.29) is 18.2 Å². The highest BCUT2D eigenvalue weighted by Crippen LogP contribution is 2.19. The SMILES string of the molecule is CCNC(=NCc1cc(F)ccc1CS(C)(=O)=O)NCC(C)c1ccc(F)cc1F. The Morgan fingerprint density at radius 2 is 1.70 bits per heavy atom. The van der Waals surface area contributed by atoms with E-state index in [1.807, 2.05) is 6.92 Å². The number of benzene rings is 2. The summed E-state index contributed by atoms with van der Waals surface area (Å²) >= 11 is 0. The van der Waals surface area contributed by atoms with Crippen LogP contribution in [-0.2, 0) is 22.1 Å². The Morgan fingerprint density at radius 3 is 2.33 bits per heavy atom. The molecule has 0 saturated carbocycles. The largest absolute Gasteiger partial charge is 0.357 e. The van der Waals surface area contributed by atoms with E-state index in [4.69, 9.17) is 0 Å². The zero-order chi connectivity index (χ0) is 22.3. The van der Waals surface area contributed by atoms with Crippen molar-refractivity contribution >= 4 is 15.8 Å². The van der Waals surface area contributed by atoms with Gasteiger partial charge in [-0.25, -0.2) is 26.6 Å². The molecule has 0 fully saturated rings. The maximum atomic E-state index is 14.0. The second kappa shape index (κ2) is 10.5. The van der Waals surface area contributed by atoms with E-state index in [2.05, 4.69) is 15.6 Å². The number of nitrogens with zero attached hydrogens (tertiary/aromatic N) is 1. The van der Waals surface area contributed by atoms with Crippen molar-refractivity contribution in [1.29, 1.82) is 0 Å². The molecule has 2 aromatic carbocycles. The number of rotatable bonds is 8. The van der Waals surface area contributed by atoms with Gasteiger partial charge in [0.25, 0.3) is 0 Å². The molecule has 1 unspecified atom stereocenters. The number of aliphatic imine (C=N–C) groups is 1. The van der Waals surface area contributed by atoms with Crippen molar-refractivity contribution in [3.05, 3.63) is 70.5 Å². The third-order valence-electron chi connectivity index (χ3n) is 4.41. The van der Waals surface area contributed by atoms with Crippen LogP contribution in [0, 0.1) is 17.5 Å². The lowest BCUT2D eigenvalue weighted by atomic mass is 10.0. The second-order valence-electron chi connectivity index (χ2n) is 7.13. The van der Waals surface area contributed by atoms with Gasteiger partial charge in [-0.1, -0.05) is 19.1 Å². The number of hydrogen-bond acceptors (Lipinski definition) is 3. The van der Waals surface area contributed by atoms with E-state index in [1.165, 1.54) is 30.3 Å². The summed E-state index contributed by atoms with van der Waals surface area (Å²) in [5, 5.41) is 6.12. The average molecular weight is 442 g/mol. The molecule has 9 heteroatoms. The summed E-state index contributed by atoms with van der Waals surface area (Å²) in [6, 6.07) is 7.40. The van der Waals surface area contributed by atoms with Crippen molar-refractivity contribution < 1.29 is 21.6 Å². The Hall–Kier alpha value is -2.55. The molecule has 0 spiro atoms. The lowest BCUT2D eigenvalue weighted by Gasteiger charge is -2.17. The van der Waals surface area contributed by atoms with E-state index in [9.17, 15) is 21.6 Å². The summed E-state index contributed by atoms with van der Waals surface area (Å²) < 4.78 is 64.0. The molecular weight excluding hydrogens is 415 g/mol. The topological polar surface area (TPSA) is 70.6 Å². The average Bonchev–Trinajstić information content (AvgIpc) is 2.64. The fourth-order valence-corrected chi connectivity index (χ4v) is 3.78. The van der Waals surface area contributed by atoms with Gasteiger partial charge in [0.05, 0.1) is 12.3 Å². The lowest BCUT2D eigenvalue weighted by molar-refractivity contribution is 0.556. The fourth-order valence-electron chi connectivity index (χ4n) is 2.93. The van der Waals surface area contributed by atoms with Crippen LogP contribution in [0.4, 0.5) is 13.2 Å². The Kier molecular flexibility index (Phi) is 8.28. The third kappa shape index (κ3) is 7.37. The lowest BCUT2D eigenvalue weighted by Crippen LogP contribution is -2.39. The number of halogens is 3. The van der Waals surface area contributed by atoms with Crippen molar-refractivity contribution in [1.82, 2.24) is 10.6 Å². The smallest absolute Gasteiger partial charge is 0.191 e. The van der Waals surface area contributed by atoms with E-state index in [0.717, 1.165) is 12.3 Å². The van der Waals surface area contributed by atoms with E-state index in [0.29, 0.717) is 35.7 Å². The monoisotopic (exact) mass is 441 g/mol. The normalized spacial score (nSPS) is 13.2. The molecular formula is C21H26F3N3O2S. The molecule has 2 aromatic rings. The molecule has 164 valence electrons. The molecule has 0 heterocycles. The Morgan fingerprint density at radius 1 is 1.03 bits per heavy atom. The van der Waals surface area contributed by atoms with Gasteiger partial charge >= 0.3 is 0 Å². The third-order valence-corrected chi connectivity index (χ3v) is 5.24. The number of guanidine groups is 1. The summed E-state index contributed by atoms with van der Waals surface area (Å²) in [6.45, 7) is 4.62. The molecule has 1 atom stereocenters. The molecule has 5 nitrogen and oxygen atoms in total. The van der Waals surface area contributed by atoms with E-state index in [1.54, 1.807) is 6.92 Å². The maximum Gasteiger partial charge on any atom is 0.191 e. The molecule has 0 amide bonds. The van der Waals surface area contributed by atoms with E-state index >= 15 is 0 Å². The summed E-state index contributed by atoms with van der Waals surface area (Å²) in [5.41, 5.74) is 1.33. The second-order valence-corrected chi connectivity index (χ2v) is 9.27. The summed E-state index contributed by atoms with van der Waals surface area (Å²) in [5.74, 6) is -1.77. The zero-order valence-electron chi connectivity index (χ0n) is 17.2. The molecule has 0 radical (unpaired) electrons. The van der Waals surface area contributed by atoms with Gasteiger partial charge in [0.2, 0.25) is 0 Å². The van der Waals surface area contributed by atoms with Crippen molar-refractivity contribution in [2.45, 2.75) is 32.1 Å². The Balaban J connectivity index is 2.13. The van der Waals surface area contributed by atoms with Crippen LogP contribution in [0.1, 0.15) is 36.5 Å². The van der Waals surface area contributed by atoms with Gasteiger partial charge in [0.1, 0.15) is 17.5 Å². The minimum absolute atomic E-state index is 0.0667. The number of sulfone groups is 1. The molecule has 30 heavy (non-hydrogen) atoms. The Bertz CT molecular complexity index is 1010. The Labute approximate surface area is 175 Å². The maximum absolute atomic E-state index is 14.0. The molecule has 0 aliphatic heterocycles. The first-order valence-corrected chi connectivity index (χ1v) is 11.6. The van der Waals surface area contributed by atoms with Crippen LogP contribution in [0.2, 0.25) is 0 Å². The minimum Gasteiger partial charge on any atom is -0.357 e. The van der Waals surface area contributed by atoms with Crippen molar-refractivity contribution in [2.24, 2.45) is 4.99 Å². The van der Waals surface area contributed by atoms with Crippen LogP contribution in [0.25, 0.3) is 0 Å². The molecule has 0 aliphatic carbocycles. The first kappa shape index (κ1) is 23.7. The zero-order valence-corrected chi connectivity index (χ0v) is 18.0. The summed E-state index contributed by atoms with van der Waals surface area (Å²) in [6.07, 6.45) is 1.12. The van der Waals surface area contributed by atoms with Gasteiger partial charge < -0.3 is 10.6 Å². The fraction of sp³-hybridized carbons (Fsp3) is 0.381. The van der Waals surface area contributed by atoms with Crippen LogP contribution < -0.4 is 10.6 Å². The van der Waals surface area contributed by atoms with E-state index < -0.39 is 27.3 Å². The summed E-state index contributed by atoms with van der Waals surface area (Å²) in [7, 11) is -3.28. The summed E-state index contributed by atoms with van der Waals surface area (Å²) in [4.78, 5) is 4.40. The highest BCUT2D eigenvalue weighted by Gasteiger charge is 2.13. The minimum atomic E-state index is -3.28. The predicted molar refractivity (Wildman–Crippen MR) is 113 cm³/mol. The van der Waals surface area contributed by atoms with Crippen LogP contribution in [-0.4, -0.2) is 33.7 Å². The van der Waals surface area contributed by atoms with Gasteiger partial charge in [0.15, 0.2) is 15.8 Å². The van der Waals surface area contributed by atoms with Crippen LogP contribution in [0.3, 0.4) is 0 Å². The standard InChI is InChI=1S/C21H26F3N3O2S/c1-4-25-21(26-11-14(2)19-8-7-18(23)10-20(19)24)27-12-16-9-17(22)6-5-15(16)13-30(3,28)29/h5-10,14H,4,11-13H2,1-3H3,(H2,25,26,27). The first-order chi connectivity index (χ1) is 14.1. The number of hydrogen-bond donors (Lipinski definition) is 2. The molecule has 0 aromatic heterocycles. The predicted octanol–water partition coefficient (Wildman–Crippen LogP) is 3.51.